The van der Waals surface area contributed by atoms with Gasteiger partial charge in [0.05, 0.1) is 5.02 Å². The number of rotatable bonds is 7. The number of aromatic nitrogens is 1. The maximum Gasteiger partial charge on any atom is 0.248 e. The summed E-state index contributed by atoms with van der Waals surface area (Å²) < 4.78 is 32.3. The Labute approximate surface area is 173 Å². The van der Waals surface area contributed by atoms with Crippen LogP contribution in [0, 0.1) is 0 Å². The van der Waals surface area contributed by atoms with E-state index in [4.69, 9.17) is 22.1 Å². The Hall–Kier alpha value is -2.49. The number of sulfonamides is 1. The smallest absolute Gasteiger partial charge is 0.248 e. The lowest BCUT2D eigenvalue weighted by Gasteiger charge is -2.31. The number of carbonyl (C=O) groups excluding carboxylic acids is 2. The number of halogens is 1. The maximum atomic E-state index is 12.6. The van der Waals surface area contributed by atoms with Crippen LogP contribution in [0.4, 0.5) is 0 Å². The summed E-state index contributed by atoms with van der Waals surface area (Å²) in [4.78, 5) is 27.5. The van der Waals surface area contributed by atoms with E-state index < -0.39 is 27.5 Å². The summed E-state index contributed by atoms with van der Waals surface area (Å²) in [6.45, 7) is 0.517. The van der Waals surface area contributed by atoms with Crippen molar-refractivity contribution in [1.29, 1.82) is 0 Å². The summed E-state index contributed by atoms with van der Waals surface area (Å²) in [5, 5.41) is 0.507. The molecule has 29 heavy (non-hydrogen) atoms. The lowest BCUT2D eigenvalue weighted by atomic mass is 10.1. The fourth-order valence-electron chi connectivity index (χ4n) is 2.99. The quantitative estimate of drug-likeness (QED) is 0.660. The van der Waals surface area contributed by atoms with Crippen LogP contribution >= 0.6 is 11.6 Å². The number of hydrogen-bond donors (Lipinski definition) is 1. The van der Waals surface area contributed by atoms with Gasteiger partial charge in [0.1, 0.15) is 11.9 Å². The third-order valence-electron chi connectivity index (χ3n) is 4.59. The van der Waals surface area contributed by atoms with Gasteiger partial charge in [-0.25, -0.2) is 17.7 Å². The average molecular weight is 438 g/mol. The number of carbonyl (C=O) groups is 2. The Morgan fingerprint density at radius 3 is 2.28 bits per heavy atom. The molecule has 1 aromatic heterocycles. The number of pyridine rings is 1. The van der Waals surface area contributed by atoms with Crippen LogP contribution in [0.5, 0.6) is 5.88 Å². The Morgan fingerprint density at radius 2 is 1.72 bits per heavy atom. The second-order valence-electron chi connectivity index (χ2n) is 6.65. The van der Waals surface area contributed by atoms with E-state index in [-0.39, 0.29) is 30.3 Å². The summed E-state index contributed by atoms with van der Waals surface area (Å²) >= 11 is 5.79. The first-order valence-corrected chi connectivity index (χ1v) is 10.9. The molecule has 154 valence electrons. The van der Waals surface area contributed by atoms with Gasteiger partial charge in [0.2, 0.25) is 21.8 Å². The largest absolute Gasteiger partial charge is 0.474 e. The predicted octanol–water partition coefficient (Wildman–Crippen LogP) is 1.89. The normalized spacial score (nSPS) is 15.8. The first-order chi connectivity index (χ1) is 13.7. The molecule has 0 aliphatic carbocycles. The molecule has 1 amide bonds. The number of primary amides is 1. The molecular weight excluding hydrogens is 418 g/mol. The van der Waals surface area contributed by atoms with Gasteiger partial charge in [0, 0.05) is 36.5 Å². The molecule has 1 aliphatic heterocycles. The van der Waals surface area contributed by atoms with E-state index in [0.29, 0.717) is 23.7 Å². The average Bonchev–Trinajstić information content (AvgIpc) is 2.70. The van der Waals surface area contributed by atoms with E-state index >= 15 is 0 Å². The van der Waals surface area contributed by atoms with Gasteiger partial charge in [-0.05, 0) is 31.0 Å². The number of nitrogens with two attached hydrogens (primary N) is 1. The number of nitrogens with zero attached hydrogens (tertiary/aromatic N) is 2. The minimum Gasteiger partial charge on any atom is -0.474 e. The Kier molecular flexibility index (Phi) is 6.51. The van der Waals surface area contributed by atoms with E-state index in [1.165, 1.54) is 34.8 Å². The van der Waals surface area contributed by atoms with Gasteiger partial charge >= 0.3 is 0 Å². The number of Topliss-reactive ketones (excluding diaryl/α,β-unsaturated/α-hetero) is 1. The minimum absolute atomic E-state index is 0.160. The molecule has 0 saturated carbocycles. The van der Waals surface area contributed by atoms with E-state index in [0.717, 1.165) is 0 Å². The summed E-state index contributed by atoms with van der Waals surface area (Å²) in [6, 6.07) is 8.93. The second-order valence-corrected chi connectivity index (χ2v) is 9.06. The summed E-state index contributed by atoms with van der Waals surface area (Å²) in [6.07, 6.45) is 2.31. The van der Waals surface area contributed by atoms with Crippen molar-refractivity contribution in [3.05, 3.63) is 58.7 Å². The molecule has 0 atom stereocenters. The van der Waals surface area contributed by atoms with Crippen molar-refractivity contribution in [2.75, 3.05) is 18.8 Å². The number of benzene rings is 1. The number of ketones is 1. The zero-order chi connectivity index (χ0) is 21.0. The SMILES string of the molecule is NC(=O)c1ccc(C(=O)CS(=O)(=O)N2CCC(Oc3ccc(Cl)cn3)CC2)cc1. The molecule has 1 saturated heterocycles. The zero-order valence-corrected chi connectivity index (χ0v) is 17.0. The highest BCUT2D eigenvalue weighted by molar-refractivity contribution is 7.89. The van der Waals surface area contributed by atoms with Crippen molar-refractivity contribution in [1.82, 2.24) is 9.29 Å². The highest BCUT2D eigenvalue weighted by atomic mass is 35.5. The predicted molar refractivity (Wildman–Crippen MR) is 108 cm³/mol. The van der Waals surface area contributed by atoms with Gasteiger partial charge in [-0.2, -0.15) is 0 Å². The Balaban J connectivity index is 1.55. The number of ether oxygens (including phenoxy) is 1. The molecule has 0 unspecified atom stereocenters. The highest BCUT2D eigenvalue weighted by Gasteiger charge is 2.31. The molecule has 2 aromatic rings. The molecule has 1 fully saturated rings. The minimum atomic E-state index is -3.76. The zero-order valence-electron chi connectivity index (χ0n) is 15.5. The van der Waals surface area contributed by atoms with Crippen LogP contribution < -0.4 is 10.5 Å². The summed E-state index contributed by atoms with van der Waals surface area (Å²) in [5.74, 6) is -1.35. The topological polar surface area (TPSA) is 120 Å². The van der Waals surface area contributed by atoms with Gasteiger partial charge in [0.25, 0.3) is 0 Å². The van der Waals surface area contributed by atoms with Crippen LogP contribution in [0.1, 0.15) is 33.6 Å². The molecule has 8 nitrogen and oxygen atoms in total. The van der Waals surface area contributed by atoms with Crippen LogP contribution in [0.25, 0.3) is 0 Å². The lowest BCUT2D eigenvalue weighted by molar-refractivity contribution is 0.0992. The fourth-order valence-corrected chi connectivity index (χ4v) is 4.55. The molecular formula is C19H20ClN3O5S. The van der Waals surface area contributed by atoms with Crippen LogP contribution in [0.15, 0.2) is 42.6 Å². The fraction of sp³-hybridized carbons (Fsp3) is 0.316. The number of amides is 1. The van der Waals surface area contributed by atoms with Gasteiger partial charge in [-0.15, -0.1) is 0 Å². The first kappa shape index (κ1) is 21.2. The molecule has 2 heterocycles. The molecule has 10 heteroatoms. The van der Waals surface area contributed by atoms with E-state index in [1.54, 1.807) is 12.1 Å². The van der Waals surface area contributed by atoms with Gasteiger partial charge < -0.3 is 10.5 Å². The van der Waals surface area contributed by atoms with Crippen molar-refractivity contribution in [2.24, 2.45) is 5.73 Å². The van der Waals surface area contributed by atoms with E-state index in [9.17, 15) is 18.0 Å². The van der Waals surface area contributed by atoms with Crippen LogP contribution in [-0.4, -0.2) is 54.3 Å². The third kappa shape index (κ3) is 5.53. The molecule has 1 aliphatic rings. The highest BCUT2D eigenvalue weighted by Crippen LogP contribution is 2.21. The third-order valence-corrected chi connectivity index (χ3v) is 6.59. The maximum absolute atomic E-state index is 12.6. The van der Waals surface area contributed by atoms with Crippen molar-refractivity contribution in [3.8, 4) is 5.88 Å². The Morgan fingerprint density at radius 1 is 1.10 bits per heavy atom. The molecule has 2 N–H and O–H groups in total. The Bertz CT molecular complexity index is 986. The molecule has 0 spiro atoms. The monoisotopic (exact) mass is 437 g/mol. The number of hydrogen-bond acceptors (Lipinski definition) is 6. The van der Waals surface area contributed by atoms with Crippen molar-refractivity contribution < 1.29 is 22.7 Å². The van der Waals surface area contributed by atoms with Crippen LogP contribution in [-0.2, 0) is 10.0 Å². The lowest BCUT2D eigenvalue weighted by Crippen LogP contribution is -2.43. The van der Waals surface area contributed by atoms with Gasteiger partial charge in [-0.1, -0.05) is 23.7 Å². The molecule has 3 rings (SSSR count). The molecule has 1 aromatic carbocycles. The van der Waals surface area contributed by atoms with Crippen molar-refractivity contribution in [2.45, 2.75) is 18.9 Å². The van der Waals surface area contributed by atoms with Crippen molar-refractivity contribution in [3.63, 3.8) is 0 Å². The van der Waals surface area contributed by atoms with Crippen LogP contribution in [0.2, 0.25) is 5.02 Å². The van der Waals surface area contributed by atoms with E-state index in [1.807, 2.05) is 0 Å². The standard InChI is InChI=1S/C19H20ClN3O5S/c20-15-5-6-18(22-11-15)28-16-7-9-23(10-8-16)29(26,27)12-17(24)13-1-3-14(4-2-13)19(21)25/h1-6,11,16H,7-10,12H2,(H2,21,25). The van der Waals surface area contributed by atoms with Crippen LogP contribution in [0.3, 0.4) is 0 Å². The molecule has 0 bridgehead atoms. The van der Waals surface area contributed by atoms with Gasteiger partial charge in [-0.3, -0.25) is 9.59 Å². The van der Waals surface area contributed by atoms with Gasteiger partial charge in [0.15, 0.2) is 5.78 Å². The summed E-state index contributed by atoms with van der Waals surface area (Å²) in [7, 11) is -3.76. The van der Waals surface area contributed by atoms with E-state index in [2.05, 4.69) is 4.98 Å². The second kappa shape index (κ2) is 8.89. The number of piperidine rings is 1. The first-order valence-electron chi connectivity index (χ1n) is 8.94. The molecule has 0 radical (unpaired) electrons. The summed E-state index contributed by atoms with van der Waals surface area (Å²) in [5.41, 5.74) is 5.62. The van der Waals surface area contributed by atoms with Crippen molar-refractivity contribution >= 4 is 33.3 Å².